The number of anilines is 1. The fourth-order valence-corrected chi connectivity index (χ4v) is 2.84. The van der Waals surface area contributed by atoms with Crippen LogP contribution in [-0.4, -0.2) is 34.0 Å². The summed E-state index contributed by atoms with van der Waals surface area (Å²) in [6.45, 7) is 0. The van der Waals surface area contributed by atoms with E-state index < -0.39 is 0 Å². The summed E-state index contributed by atoms with van der Waals surface area (Å²) in [4.78, 5) is 4.02. The van der Waals surface area contributed by atoms with Gasteiger partial charge in [0.25, 0.3) is 0 Å². The van der Waals surface area contributed by atoms with Gasteiger partial charge < -0.3 is 10.1 Å². The summed E-state index contributed by atoms with van der Waals surface area (Å²) in [5.41, 5.74) is 2.13. The number of methoxy groups -OCH3 is 1. The first-order valence-electron chi connectivity index (χ1n) is 7.10. The van der Waals surface area contributed by atoms with E-state index in [1.54, 1.807) is 24.4 Å². The molecule has 1 heterocycles. The average Bonchev–Trinajstić information content (AvgIpc) is 3.02. The van der Waals surface area contributed by atoms with Gasteiger partial charge in [-0.05, 0) is 37.8 Å². The van der Waals surface area contributed by atoms with Crippen molar-refractivity contribution in [1.29, 1.82) is 0 Å². The minimum Gasteiger partial charge on any atom is -0.381 e. The third-order valence-electron chi connectivity index (χ3n) is 3.89. The lowest BCUT2D eigenvalue weighted by Gasteiger charge is -2.30. The fourth-order valence-electron chi connectivity index (χ4n) is 2.84. The van der Waals surface area contributed by atoms with Gasteiger partial charge in [0.15, 0.2) is 0 Å². The number of hydrogen-bond donors (Lipinski definition) is 1. The molecule has 5 heteroatoms. The van der Waals surface area contributed by atoms with Crippen molar-refractivity contribution in [3.63, 3.8) is 0 Å². The van der Waals surface area contributed by atoms with Crippen LogP contribution in [0.4, 0.5) is 5.69 Å². The highest BCUT2D eigenvalue weighted by Crippen LogP contribution is 2.26. The van der Waals surface area contributed by atoms with E-state index in [1.807, 2.05) is 18.2 Å². The number of ether oxygens (including phenoxy) is 1. The summed E-state index contributed by atoms with van der Waals surface area (Å²) in [5, 5.41) is 7.85. The van der Waals surface area contributed by atoms with E-state index in [1.165, 1.54) is 19.3 Å². The number of aromatic nitrogens is 3. The number of benzene rings is 1. The molecule has 20 heavy (non-hydrogen) atoms. The van der Waals surface area contributed by atoms with Crippen molar-refractivity contribution < 1.29 is 4.74 Å². The molecule has 3 rings (SSSR count). The first kappa shape index (κ1) is 13.1. The minimum absolute atomic E-state index is 0.375. The van der Waals surface area contributed by atoms with E-state index in [2.05, 4.69) is 21.5 Å². The third-order valence-corrected chi connectivity index (χ3v) is 3.89. The molecule has 2 atom stereocenters. The largest absolute Gasteiger partial charge is 0.381 e. The highest BCUT2D eigenvalue weighted by molar-refractivity contribution is 5.60. The summed E-state index contributed by atoms with van der Waals surface area (Å²) in [7, 11) is 1.80. The van der Waals surface area contributed by atoms with Crippen LogP contribution in [0.2, 0.25) is 0 Å². The number of nitrogens with zero attached hydrogens (tertiary/aromatic N) is 3. The molecule has 1 fully saturated rings. The maximum absolute atomic E-state index is 5.49. The maximum atomic E-state index is 5.49. The molecule has 106 valence electrons. The molecular weight excluding hydrogens is 252 g/mol. The molecule has 2 aromatic rings. The smallest absolute Gasteiger partial charge is 0.138 e. The highest BCUT2D eigenvalue weighted by Gasteiger charge is 2.22. The molecule has 1 saturated carbocycles. The van der Waals surface area contributed by atoms with E-state index in [9.17, 15) is 0 Å². The van der Waals surface area contributed by atoms with Crippen LogP contribution < -0.4 is 5.32 Å². The first-order chi connectivity index (χ1) is 9.86. The van der Waals surface area contributed by atoms with Gasteiger partial charge >= 0.3 is 0 Å². The van der Waals surface area contributed by atoms with Gasteiger partial charge in [0.05, 0.1) is 17.5 Å². The van der Waals surface area contributed by atoms with Crippen molar-refractivity contribution in [2.45, 2.75) is 37.8 Å². The van der Waals surface area contributed by atoms with Crippen molar-refractivity contribution in [3.05, 3.63) is 36.9 Å². The summed E-state index contributed by atoms with van der Waals surface area (Å²) >= 11 is 0. The van der Waals surface area contributed by atoms with Crippen LogP contribution >= 0.6 is 0 Å². The van der Waals surface area contributed by atoms with Crippen LogP contribution in [0, 0.1) is 0 Å². The number of para-hydroxylation sites is 2. The maximum Gasteiger partial charge on any atom is 0.138 e. The summed E-state index contributed by atoms with van der Waals surface area (Å²) < 4.78 is 7.28. The number of nitrogens with one attached hydrogen (secondary N) is 1. The van der Waals surface area contributed by atoms with Crippen LogP contribution in [0.15, 0.2) is 36.9 Å². The van der Waals surface area contributed by atoms with E-state index >= 15 is 0 Å². The van der Waals surface area contributed by atoms with Gasteiger partial charge in [-0.1, -0.05) is 12.1 Å². The molecule has 2 unspecified atom stereocenters. The van der Waals surface area contributed by atoms with Crippen molar-refractivity contribution >= 4 is 5.69 Å². The summed E-state index contributed by atoms with van der Waals surface area (Å²) in [6, 6.07) is 8.65. The Labute approximate surface area is 119 Å². The zero-order valence-electron chi connectivity index (χ0n) is 11.7. The zero-order chi connectivity index (χ0) is 13.8. The molecule has 0 spiro atoms. The lowest BCUT2D eigenvalue weighted by Crippen LogP contribution is -2.31. The van der Waals surface area contributed by atoms with Crippen LogP contribution in [0.25, 0.3) is 5.69 Å². The van der Waals surface area contributed by atoms with Crippen LogP contribution in [0.3, 0.4) is 0 Å². The van der Waals surface area contributed by atoms with Crippen molar-refractivity contribution in [1.82, 2.24) is 14.8 Å². The van der Waals surface area contributed by atoms with E-state index in [0.29, 0.717) is 12.1 Å². The van der Waals surface area contributed by atoms with Crippen molar-refractivity contribution in [2.24, 2.45) is 0 Å². The van der Waals surface area contributed by atoms with Crippen molar-refractivity contribution in [2.75, 3.05) is 12.4 Å². The topological polar surface area (TPSA) is 52.0 Å². The quantitative estimate of drug-likeness (QED) is 0.929. The van der Waals surface area contributed by atoms with Crippen LogP contribution in [0.5, 0.6) is 0 Å². The van der Waals surface area contributed by atoms with Gasteiger partial charge in [-0.2, -0.15) is 5.10 Å². The van der Waals surface area contributed by atoms with Gasteiger partial charge in [-0.25, -0.2) is 9.67 Å². The second-order valence-corrected chi connectivity index (χ2v) is 5.22. The van der Waals surface area contributed by atoms with Crippen LogP contribution in [0.1, 0.15) is 25.7 Å². The zero-order valence-corrected chi connectivity index (χ0v) is 11.7. The molecule has 0 saturated heterocycles. The second kappa shape index (κ2) is 6.05. The molecule has 1 aliphatic rings. The Morgan fingerprint density at radius 2 is 2.20 bits per heavy atom. The molecule has 1 aromatic heterocycles. The Hall–Kier alpha value is -1.88. The SMILES string of the molecule is COC1CCCC(Nc2ccccc2-n2cncn2)C1. The molecular formula is C15H20N4O. The average molecular weight is 272 g/mol. The Kier molecular flexibility index (Phi) is 3.97. The molecule has 5 nitrogen and oxygen atoms in total. The molecule has 0 aliphatic heterocycles. The Bertz CT molecular complexity index is 541. The molecule has 1 aliphatic carbocycles. The Balaban J connectivity index is 1.77. The number of hydrogen-bond acceptors (Lipinski definition) is 4. The summed E-state index contributed by atoms with van der Waals surface area (Å²) in [6.07, 6.45) is 8.27. The lowest BCUT2D eigenvalue weighted by atomic mass is 9.92. The third kappa shape index (κ3) is 2.82. The second-order valence-electron chi connectivity index (χ2n) is 5.22. The van der Waals surface area contributed by atoms with Gasteiger partial charge in [0.1, 0.15) is 12.7 Å². The van der Waals surface area contributed by atoms with Crippen LogP contribution in [-0.2, 0) is 4.74 Å². The van der Waals surface area contributed by atoms with E-state index in [-0.39, 0.29) is 0 Å². The highest BCUT2D eigenvalue weighted by atomic mass is 16.5. The Morgan fingerprint density at radius 1 is 1.30 bits per heavy atom. The standard InChI is InChI=1S/C15H20N4O/c1-20-13-6-4-5-12(9-13)18-14-7-2-3-8-15(14)19-11-16-10-17-19/h2-3,7-8,10-13,18H,4-6,9H2,1H3. The van der Waals surface area contributed by atoms with E-state index in [4.69, 9.17) is 4.74 Å². The monoisotopic (exact) mass is 272 g/mol. The fraction of sp³-hybridized carbons (Fsp3) is 0.467. The van der Waals surface area contributed by atoms with Gasteiger partial charge in [-0.15, -0.1) is 0 Å². The molecule has 0 amide bonds. The van der Waals surface area contributed by atoms with Gasteiger partial charge in [0, 0.05) is 13.2 Å². The molecule has 0 bridgehead atoms. The van der Waals surface area contributed by atoms with Gasteiger partial charge in [-0.3, -0.25) is 0 Å². The van der Waals surface area contributed by atoms with Gasteiger partial charge in [0.2, 0.25) is 0 Å². The molecule has 1 aromatic carbocycles. The first-order valence-corrected chi connectivity index (χ1v) is 7.10. The molecule has 1 N–H and O–H groups in total. The number of rotatable bonds is 4. The lowest BCUT2D eigenvalue weighted by molar-refractivity contribution is 0.0669. The van der Waals surface area contributed by atoms with Crippen molar-refractivity contribution in [3.8, 4) is 5.69 Å². The predicted molar refractivity (Wildman–Crippen MR) is 78.0 cm³/mol. The Morgan fingerprint density at radius 3 is 3.00 bits per heavy atom. The van der Waals surface area contributed by atoms with E-state index in [0.717, 1.165) is 17.8 Å². The normalized spacial score (nSPS) is 22.6. The predicted octanol–water partition coefficient (Wildman–Crippen LogP) is 2.64. The molecule has 0 radical (unpaired) electrons. The minimum atomic E-state index is 0.375. The summed E-state index contributed by atoms with van der Waals surface area (Å²) in [5.74, 6) is 0.